The van der Waals surface area contributed by atoms with Crippen LogP contribution in [0.25, 0.3) is 0 Å². The van der Waals surface area contributed by atoms with Gasteiger partial charge in [0.05, 0.1) is 0 Å². The van der Waals surface area contributed by atoms with Gasteiger partial charge in [0.2, 0.25) is 0 Å². The minimum absolute atomic E-state index is 0.690. The van der Waals surface area contributed by atoms with Crippen molar-refractivity contribution in [2.45, 2.75) is 78.3 Å². The van der Waals surface area contributed by atoms with Gasteiger partial charge >= 0.3 is 0 Å². The molecule has 2 aliphatic rings. The predicted molar refractivity (Wildman–Crippen MR) is 92.6 cm³/mol. The van der Waals surface area contributed by atoms with E-state index < -0.39 is 0 Å². The summed E-state index contributed by atoms with van der Waals surface area (Å²) >= 11 is 0. The molecule has 1 heterocycles. The van der Waals surface area contributed by atoms with Crippen LogP contribution in [-0.4, -0.2) is 36.6 Å². The van der Waals surface area contributed by atoms with Gasteiger partial charge in [-0.15, -0.1) is 0 Å². The van der Waals surface area contributed by atoms with Crippen molar-refractivity contribution in [1.29, 1.82) is 0 Å². The molecule has 0 aromatic carbocycles. The van der Waals surface area contributed by atoms with E-state index in [1.54, 1.807) is 0 Å². The van der Waals surface area contributed by atoms with Crippen LogP contribution in [-0.2, 0) is 0 Å². The van der Waals surface area contributed by atoms with Crippen LogP contribution in [0.2, 0.25) is 0 Å². The molecule has 0 bridgehead atoms. The van der Waals surface area contributed by atoms with Crippen molar-refractivity contribution >= 4 is 0 Å². The molecule has 2 fully saturated rings. The molecule has 1 saturated carbocycles. The second kappa shape index (κ2) is 8.33. The molecule has 2 rings (SSSR count). The van der Waals surface area contributed by atoms with Gasteiger partial charge in [0, 0.05) is 31.7 Å². The van der Waals surface area contributed by atoms with Crippen molar-refractivity contribution in [2.75, 3.05) is 19.6 Å². The van der Waals surface area contributed by atoms with Crippen molar-refractivity contribution in [3.63, 3.8) is 0 Å². The number of piperazine rings is 1. The number of hydrogen-bond donors (Lipinski definition) is 1. The second-order valence-electron chi connectivity index (χ2n) is 7.94. The molecule has 0 aromatic heterocycles. The van der Waals surface area contributed by atoms with Crippen LogP contribution in [0.15, 0.2) is 11.6 Å². The summed E-state index contributed by atoms with van der Waals surface area (Å²) in [6, 6.07) is 1.46. The van der Waals surface area contributed by atoms with Gasteiger partial charge in [0.25, 0.3) is 0 Å². The Kier molecular flexibility index (Phi) is 6.75. The molecule has 21 heavy (non-hydrogen) atoms. The highest BCUT2D eigenvalue weighted by atomic mass is 15.2. The van der Waals surface area contributed by atoms with Crippen LogP contribution in [0.4, 0.5) is 0 Å². The molecule has 0 spiro atoms. The maximum absolute atomic E-state index is 3.85. The second-order valence-corrected chi connectivity index (χ2v) is 7.94. The number of nitrogens with zero attached hydrogens (tertiary/aromatic N) is 1. The van der Waals surface area contributed by atoms with Gasteiger partial charge in [-0.1, -0.05) is 44.8 Å². The average molecular weight is 293 g/mol. The molecule has 0 aromatic rings. The third-order valence-corrected chi connectivity index (χ3v) is 5.22. The fraction of sp³-hybridized carbons (Fsp3) is 0.895. The Balaban J connectivity index is 1.98. The molecule has 1 aliphatic carbocycles. The first-order chi connectivity index (χ1) is 10.1. The average Bonchev–Trinajstić information content (AvgIpc) is 2.45. The van der Waals surface area contributed by atoms with Crippen molar-refractivity contribution in [3.05, 3.63) is 11.6 Å². The quantitative estimate of drug-likeness (QED) is 0.763. The SMILES string of the molecule is CC(C)=CCN1CC(CC(C)C)NCC1C1CCCCC1. The lowest BCUT2D eigenvalue weighted by atomic mass is 9.81. The monoisotopic (exact) mass is 292 g/mol. The van der Waals surface area contributed by atoms with E-state index in [9.17, 15) is 0 Å². The van der Waals surface area contributed by atoms with Crippen LogP contribution in [0.3, 0.4) is 0 Å². The molecule has 0 amide bonds. The summed E-state index contributed by atoms with van der Waals surface area (Å²) in [6.07, 6.45) is 11.0. The Morgan fingerprint density at radius 3 is 2.52 bits per heavy atom. The Bertz CT molecular complexity index is 324. The van der Waals surface area contributed by atoms with E-state index >= 15 is 0 Å². The summed E-state index contributed by atoms with van der Waals surface area (Å²) in [7, 11) is 0. The number of hydrogen-bond acceptors (Lipinski definition) is 2. The van der Waals surface area contributed by atoms with E-state index in [1.165, 1.54) is 57.2 Å². The predicted octanol–water partition coefficient (Wildman–Crippen LogP) is 4.22. The minimum Gasteiger partial charge on any atom is -0.311 e. The Morgan fingerprint density at radius 1 is 1.19 bits per heavy atom. The molecular weight excluding hydrogens is 256 g/mol. The zero-order chi connectivity index (χ0) is 15.2. The fourth-order valence-electron chi connectivity index (χ4n) is 4.12. The lowest BCUT2D eigenvalue weighted by Crippen LogP contribution is -2.59. The summed E-state index contributed by atoms with van der Waals surface area (Å²) in [5.74, 6) is 1.72. The largest absolute Gasteiger partial charge is 0.311 e. The zero-order valence-electron chi connectivity index (χ0n) is 14.7. The first-order valence-electron chi connectivity index (χ1n) is 9.17. The van der Waals surface area contributed by atoms with Crippen molar-refractivity contribution in [1.82, 2.24) is 10.2 Å². The molecule has 2 nitrogen and oxygen atoms in total. The third kappa shape index (κ3) is 5.41. The van der Waals surface area contributed by atoms with Gasteiger partial charge in [-0.3, -0.25) is 4.90 Å². The first kappa shape index (κ1) is 17.0. The Morgan fingerprint density at radius 2 is 1.90 bits per heavy atom. The summed E-state index contributed by atoms with van der Waals surface area (Å²) in [5, 5.41) is 3.85. The van der Waals surface area contributed by atoms with Gasteiger partial charge in [-0.2, -0.15) is 0 Å². The van der Waals surface area contributed by atoms with E-state index in [-0.39, 0.29) is 0 Å². The zero-order valence-corrected chi connectivity index (χ0v) is 14.7. The van der Waals surface area contributed by atoms with Crippen LogP contribution in [0, 0.1) is 11.8 Å². The highest BCUT2D eigenvalue weighted by Crippen LogP contribution is 2.30. The van der Waals surface area contributed by atoms with Crippen molar-refractivity contribution in [2.24, 2.45) is 11.8 Å². The molecule has 1 saturated heterocycles. The Hall–Kier alpha value is -0.340. The highest BCUT2D eigenvalue weighted by molar-refractivity contribution is 4.99. The van der Waals surface area contributed by atoms with Crippen LogP contribution >= 0.6 is 0 Å². The van der Waals surface area contributed by atoms with E-state index in [0.717, 1.165) is 24.4 Å². The molecule has 1 aliphatic heterocycles. The molecule has 1 N–H and O–H groups in total. The number of rotatable bonds is 5. The molecule has 2 atom stereocenters. The summed E-state index contributed by atoms with van der Waals surface area (Å²) < 4.78 is 0. The van der Waals surface area contributed by atoms with E-state index in [4.69, 9.17) is 0 Å². The fourth-order valence-corrected chi connectivity index (χ4v) is 4.12. The molecule has 2 unspecified atom stereocenters. The maximum atomic E-state index is 3.85. The third-order valence-electron chi connectivity index (χ3n) is 5.22. The van der Waals surface area contributed by atoms with E-state index in [1.807, 2.05) is 0 Å². The molecule has 0 radical (unpaired) electrons. The highest BCUT2D eigenvalue weighted by Gasteiger charge is 2.33. The maximum Gasteiger partial charge on any atom is 0.0252 e. The van der Waals surface area contributed by atoms with E-state index in [2.05, 4.69) is 44.0 Å². The van der Waals surface area contributed by atoms with Crippen molar-refractivity contribution in [3.8, 4) is 0 Å². The van der Waals surface area contributed by atoms with Crippen LogP contribution in [0.1, 0.15) is 66.2 Å². The van der Waals surface area contributed by atoms with Crippen LogP contribution < -0.4 is 5.32 Å². The van der Waals surface area contributed by atoms with Gasteiger partial charge in [0.1, 0.15) is 0 Å². The normalized spacial score (nSPS) is 28.8. The van der Waals surface area contributed by atoms with Gasteiger partial charge in [0.15, 0.2) is 0 Å². The number of nitrogens with one attached hydrogen (secondary N) is 1. The van der Waals surface area contributed by atoms with Gasteiger partial charge in [-0.25, -0.2) is 0 Å². The molecular formula is C19H36N2. The topological polar surface area (TPSA) is 15.3 Å². The van der Waals surface area contributed by atoms with Gasteiger partial charge < -0.3 is 5.32 Å². The summed E-state index contributed by atoms with van der Waals surface area (Å²) in [5.41, 5.74) is 1.45. The van der Waals surface area contributed by atoms with Crippen molar-refractivity contribution < 1.29 is 0 Å². The lowest BCUT2D eigenvalue weighted by molar-refractivity contribution is 0.0772. The Labute approximate surface area is 132 Å². The van der Waals surface area contributed by atoms with Gasteiger partial charge in [-0.05, 0) is 44.9 Å². The summed E-state index contributed by atoms with van der Waals surface area (Å²) in [4.78, 5) is 2.78. The lowest BCUT2D eigenvalue weighted by Gasteiger charge is -2.45. The smallest absolute Gasteiger partial charge is 0.0252 e. The minimum atomic E-state index is 0.690. The van der Waals surface area contributed by atoms with E-state index in [0.29, 0.717) is 6.04 Å². The standard InChI is InChI=1S/C19H36N2/c1-15(2)10-11-21-14-18(12-16(3)4)20-13-19(21)17-8-6-5-7-9-17/h10,16-20H,5-9,11-14H2,1-4H3. The summed E-state index contributed by atoms with van der Waals surface area (Å²) in [6.45, 7) is 12.7. The molecule has 122 valence electrons. The number of allylic oxidation sites excluding steroid dienone is 1. The molecule has 2 heteroatoms. The van der Waals surface area contributed by atoms with Crippen LogP contribution in [0.5, 0.6) is 0 Å². The first-order valence-corrected chi connectivity index (χ1v) is 9.17.